The molecule has 0 unspecified atom stereocenters. The van der Waals surface area contributed by atoms with Gasteiger partial charge >= 0.3 is 0 Å². The summed E-state index contributed by atoms with van der Waals surface area (Å²) in [6, 6.07) is 2.35. The number of rotatable bonds is 3. The van der Waals surface area contributed by atoms with E-state index in [1.54, 1.807) is 13.0 Å². The van der Waals surface area contributed by atoms with E-state index >= 15 is 0 Å². The van der Waals surface area contributed by atoms with Gasteiger partial charge in [0.2, 0.25) is 5.91 Å². The maximum absolute atomic E-state index is 11.0. The molecule has 0 saturated carbocycles. The van der Waals surface area contributed by atoms with E-state index in [1.807, 2.05) is 0 Å². The summed E-state index contributed by atoms with van der Waals surface area (Å²) in [5.74, 6) is -0.252. The molecule has 4 N–H and O–H groups in total. The lowest BCUT2D eigenvalue weighted by molar-refractivity contribution is -0.122. The molecule has 1 aromatic rings. The number of nitrogens with zero attached hydrogens (tertiary/aromatic N) is 1. The van der Waals surface area contributed by atoms with Crippen molar-refractivity contribution in [3.63, 3.8) is 0 Å². The lowest BCUT2D eigenvalue weighted by atomic mass is 10.3. The fraction of sp³-hybridized carbons (Fsp3) is 0.375. The molecule has 14 heavy (non-hydrogen) atoms. The first-order valence-corrected chi connectivity index (χ1v) is 4.17. The van der Waals surface area contributed by atoms with Crippen LogP contribution in [-0.2, 0) is 11.3 Å². The third kappa shape index (κ3) is 2.98. The predicted molar refractivity (Wildman–Crippen MR) is 50.4 cm³/mol. The van der Waals surface area contributed by atoms with E-state index in [9.17, 15) is 9.59 Å². The first kappa shape index (κ1) is 10.4. The van der Waals surface area contributed by atoms with Gasteiger partial charge in [0.15, 0.2) is 0 Å². The van der Waals surface area contributed by atoms with Crippen molar-refractivity contribution in [2.24, 2.45) is 5.73 Å². The zero-order valence-corrected chi connectivity index (χ0v) is 7.78. The van der Waals surface area contributed by atoms with Gasteiger partial charge in [0.1, 0.15) is 0 Å². The van der Waals surface area contributed by atoms with Gasteiger partial charge in [-0.15, -0.1) is 0 Å². The molecule has 1 rings (SSSR count). The molecule has 0 saturated heterocycles. The van der Waals surface area contributed by atoms with Crippen LogP contribution in [0, 0.1) is 0 Å². The van der Waals surface area contributed by atoms with Crippen molar-refractivity contribution in [3.05, 3.63) is 28.2 Å². The van der Waals surface area contributed by atoms with Gasteiger partial charge in [-0.25, -0.2) is 5.10 Å². The summed E-state index contributed by atoms with van der Waals surface area (Å²) in [4.78, 5) is 21.7. The number of amides is 1. The third-order valence-corrected chi connectivity index (χ3v) is 1.59. The van der Waals surface area contributed by atoms with Crippen molar-refractivity contribution in [1.82, 2.24) is 15.5 Å². The first-order valence-electron chi connectivity index (χ1n) is 4.17. The highest BCUT2D eigenvalue weighted by molar-refractivity contribution is 5.80. The van der Waals surface area contributed by atoms with Crippen molar-refractivity contribution in [2.75, 3.05) is 0 Å². The van der Waals surface area contributed by atoms with Crippen LogP contribution >= 0.6 is 0 Å². The van der Waals surface area contributed by atoms with E-state index in [-0.39, 0.29) is 18.0 Å². The Hall–Kier alpha value is -1.69. The number of aromatic nitrogens is 2. The van der Waals surface area contributed by atoms with E-state index in [4.69, 9.17) is 5.73 Å². The maximum atomic E-state index is 11.0. The molecule has 0 bridgehead atoms. The van der Waals surface area contributed by atoms with Crippen LogP contribution < -0.4 is 16.6 Å². The van der Waals surface area contributed by atoms with Crippen LogP contribution in [0.25, 0.3) is 0 Å². The molecule has 1 aromatic heterocycles. The fourth-order valence-electron chi connectivity index (χ4n) is 0.810. The minimum Gasteiger partial charge on any atom is -0.349 e. The Morgan fingerprint density at radius 3 is 2.93 bits per heavy atom. The van der Waals surface area contributed by atoms with Crippen LogP contribution in [-0.4, -0.2) is 22.1 Å². The average molecular weight is 196 g/mol. The largest absolute Gasteiger partial charge is 0.349 e. The van der Waals surface area contributed by atoms with Gasteiger partial charge in [0.05, 0.1) is 18.3 Å². The number of carbonyl (C=O) groups excluding carboxylic acids is 1. The van der Waals surface area contributed by atoms with Crippen LogP contribution in [0.4, 0.5) is 0 Å². The molecular formula is C8H12N4O2. The van der Waals surface area contributed by atoms with E-state index in [1.165, 1.54) is 6.07 Å². The average Bonchev–Trinajstić information content (AvgIpc) is 2.16. The van der Waals surface area contributed by atoms with Crippen LogP contribution in [0.1, 0.15) is 12.6 Å². The first-order chi connectivity index (χ1) is 6.59. The number of carbonyl (C=O) groups is 1. The van der Waals surface area contributed by atoms with Crippen LogP contribution in [0.5, 0.6) is 0 Å². The highest BCUT2D eigenvalue weighted by atomic mass is 16.2. The minimum atomic E-state index is -0.544. The van der Waals surface area contributed by atoms with Gasteiger partial charge < -0.3 is 11.1 Å². The Balaban J connectivity index is 2.50. The second kappa shape index (κ2) is 4.52. The third-order valence-electron chi connectivity index (χ3n) is 1.59. The lowest BCUT2D eigenvalue weighted by Gasteiger charge is -2.06. The fourth-order valence-corrected chi connectivity index (χ4v) is 0.810. The highest BCUT2D eigenvalue weighted by Gasteiger charge is 2.06. The molecule has 76 valence electrons. The van der Waals surface area contributed by atoms with Gasteiger partial charge in [-0.05, 0) is 13.0 Å². The molecule has 1 heterocycles. The van der Waals surface area contributed by atoms with E-state index in [0.717, 1.165) is 0 Å². The van der Waals surface area contributed by atoms with Gasteiger partial charge in [-0.1, -0.05) is 0 Å². The smallest absolute Gasteiger partial charge is 0.264 e. The second-order valence-corrected chi connectivity index (χ2v) is 2.92. The summed E-state index contributed by atoms with van der Waals surface area (Å²) < 4.78 is 0. The Morgan fingerprint density at radius 1 is 1.71 bits per heavy atom. The van der Waals surface area contributed by atoms with Crippen molar-refractivity contribution in [2.45, 2.75) is 19.5 Å². The van der Waals surface area contributed by atoms with Gasteiger partial charge in [-0.3, -0.25) is 9.59 Å². The Labute approximate surface area is 80.5 Å². The molecule has 6 nitrogen and oxygen atoms in total. The van der Waals surface area contributed by atoms with Crippen molar-refractivity contribution in [1.29, 1.82) is 0 Å². The Morgan fingerprint density at radius 2 is 2.43 bits per heavy atom. The quantitative estimate of drug-likeness (QED) is 0.561. The maximum Gasteiger partial charge on any atom is 0.264 e. The van der Waals surface area contributed by atoms with E-state index < -0.39 is 6.04 Å². The van der Waals surface area contributed by atoms with Crippen LogP contribution in [0.15, 0.2) is 16.9 Å². The van der Waals surface area contributed by atoms with E-state index in [2.05, 4.69) is 15.5 Å². The normalized spacial score (nSPS) is 12.1. The Bertz CT molecular complexity index is 351. The minimum absolute atomic E-state index is 0.252. The van der Waals surface area contributed by atoms with Gasteiger partial charge in [0.25, 0.3) is 5.56 Å². The second-order valence-electron chi connectivity index (χ2n) is 2.92. The zero-order chi connectivity index (χ0) is 10.6. The number of hydrogen-bond acceptors (Lipinski definition) is 4. The van der Waals surface area contributed by atoms with Crippen molar-refractivity contribution in [3.8, 4) is 0 Å². The van der Waals surface area contributed by atoms with E-state index in [0.29, 0.717) is 5.69 Å². The molecule has 0 spiro atoms. The summed E-state index contributed by atoms with van der Waals surface area (Å²) >= 11 is 0. The molecule has 1 amide bonds. The number of nitrogens with one attached hydrogen (secondary N) is 2. The SMILES string of the molecule is C[C@H](N)C(=O)NCc1ccc(=O)[nH]n1. The summed E-state index contributed by atoms with van der Waals surface area (Å²) in [5, 5.41) is 8.55. The van der Waals surface area contributed by atoms with Crippen molar-refractivity contribution >= 4 is 5.91 Å². The molecule has 0 fully saturated rings. The molecule has 0 aliphatic carbocycles. The number of aromatic amines is 1. The summed E-state index contributed by atoms with van der Waals surface area (Å²) in [5.41, 5.74) is 5.64. The number of hydrogen-bond donors (Lipinski definition) is 3. The number of H-pyrrole nitrogens is 1. The molecule has 6 heteroatoms. The van der Waals surface area contributed by atoms with Gasteiger partial charge in [0, 0.05) is 6.07 Å². The van der Waals surface area contributed by atoms with Crippen LogP contribution in [0.2, 0.25) is 0 Å². The monoisotopic (exact) mass is 196 g/mol. The summed E-state index contributed by atoms with van der Waals surface area (Å²) in [6.45, 7) is 1.85. The number of nitrogens with two attached hydrogens (primary N) is 1. The molecule has 0 radical (unpaired) electrons. The zero-order valence-electron chi connectivity index (χ0n) is 7.78. The molecular weight excluding hydrogens is 184 g/mol. The molecule has 0 aliphatic rings. The Kier molecular flexibility index (Phi) is 3.35. The van der Waals surface area contributed by atoms with Crippen molar-refractivity contribution < 1.29 is 4.79 Å². The standard InChI is InChI=1S/C8H12N4O2/c1-5(9)8(14)10-4-6-2-3-7(13)12-11-6/h2-3,5H,4,9H2,1H3,(H,10,14)(H,12,13)/t5-/m0/s1. The summed E-state index contributed by atoms with van der Waals surface area (Å²) in [6.07, 6.45) is 0. The van der Waals surface area contributed by atoms with Crippen LogP contribution in [0.3, 0.4) is 0 Å². The molecule has 0 aliphatic heterocycles. The lowest BCUT2D eigenvalue weighted by Crippen LogP contribution is -2.38. The topological polar surface area (TPSA) is 101 Å². The van der Waals surface area contributed by atoms with Gasteiger partial charge in [-0.2, -0.15) is 5.10 Å². The molecule has 0 aromatic carbocycles. The predicted octanol–water partition coefficient (Wildman–Crippen LogP) is -1.27. The molecule has 1 atom stereocenters. The summed E-state index contributed by atoms with van der Waals surface area (Å²) in [7, 11) is 0. The highest BCUT2D eigenvalue weighted by Crippen LogP contribution is 1.87.